The Balaban J connectivity index is 2.29. The first-order valence-electron chi connectivity index (χ1n) is 6.04. The normalized spacial score (nSPS) is 10.7. The second-order valence-electron chi connectivity index (χ2n) is 4.22. The van der Waals surface area contributed by atoms with Crippen LogP contribution in [0.25, 0.3) is 0 Å². The fourth-order valence-electron chi connectivity index (χ4n) is 1.97. The van der Waals surface area contributed by atoms with Crippen LogP contribution in [0.1, 0.15) is 28.7 Å². The smallest absolute Gasteiger partial charge is 0.354 e. The molecule has 102 valence electrons. The lowest BCUT2D eigenvalue weighted by Gasteiger charge is -2.08. The second-order valence-corrected chi connectivity index (χ2v) is 4.58. The van der Waals surface area contributed by atoms with Gasteiger partial charge in [-0.3, -0.25) is 4.68 Å². The van der Waals surface area contributed by atoms with Crippen LogP contribution in [0.3, 0.4) is 0 Å². The summed E-state index contributed by atoms with van der Waals surface area (Å²) in [5.41, 5.74) is 2.28. The van der Waals surface area contributed by atoms with Crippen molar-refractivity contribution in [3.63, 3.8) is 0 Å². The molecule has 2 aromatic heterocycles. The summed E-state index contributed by atoms with van der Waals surface area (Å²) in [4.78, 5) is 11.8. The molecule has 0 atom stereocenters. The topological polar surface area (TPSA) is 49.1 Å². The van der Waals surface area contributed by atoms with Crippen LogP contribution in [0.5, 0.6) is 0 Å². The van der Waals surface area contributed by atoms with E-state index in [2.05, 4.69) is 5.10 Å². The zero-order chi connectivity index (χ0) is 14.0. The summed E-state index contributed by atoms with van der Waals surface area (Å²) in [6.07, 6.45) is 1.83. The van der Waals surface area contributed by atoms with Crippen molar-refractivity contribution in [1.82, 2.24) is 14.3 Å². The second kappa shape index (κ2) is 5.48. The highest BCUT2D eigenvalue weighted by Crippen LogP contribution is 2.20. The average Bonchev–Trinajstić information content (AvgIpc) is 2.91. The Morgan fingerprint density at radius 3 is 2.84 bits per heavy atom. The largest absolute Gasteiger partial charge is 0.461 e. The van der Waals surface area contributed by atoms with Gasteiger partial charge in [0.1, 0.15) is 10.8 Å². The standard InChI is InChI=1S/C13H16ClN3O2/c1-4-19-13(18)11-6-5-7-17(11)8-10-9(2)15-16(3)12(10)14/h5-7H,4,8H2,1-3H3. The minimum absolute atomic E-state index is 0.329. The van der Waals surface area contributed by atoms with Crippen molar-refractivity contribution in [3.05, 3.63) is 40.4 Å². The van der Waals surface area contributed by atoms with Crippen molar-refractivity contribution < 1.29 is 9.53 Å². The summed E-state index contributed by atoms with van der Waals surface area (Å²) < 4.78 is 8.45. The molecule has 2 rings (SSSR count). The Labute approximate surface area is 116 Å². The number of hydrogen-bond donors (Lipinski definition) is 0. The van der Waals surface area contributed by atoms with Gasteiger partial charge in [0, 0.05) is 18.8 Å². The van der Waals surface area contributed by atoms with Crippen LogP contribution in [-0.4, -0.2) is 26.9 Å². The number of aromatic nitrogens is 3. The third kappa shape index (κ3) is 2.66. The third-order valence-electron chi connectivity index (χ3n) is 2.91. The maximum absolute atomic E-state index is 11.8. The van der Waals surface area contributed by atoms with E-state index in [1.54, 1.807) is 24.7 Å². The molecule has 0 aliphatic carbocycles. The highest BCUT2D eigenvalue weighted by atomic mass is 35.5. The van der Waals surface area contributed by atoms with Gasteiger partial charge in [-0.1, -0.05) is 11.6 Å². The van der Waals surface area contributed by atoms with E-state index in [0.717, 1.165) is 11.3 Å². The molecule has 0 fully saturated rings. The van der Waals surface area contributed by atoms with Gasteiger partial charge < -0.3 is 9.30 Å². The number of nitrogens with zero attached hydrogens (tertiary/aromatic N) is 3. The van der Waals surface area contributed by atoms with E-state index < -0.39 is 0 Å². The zero-order valence-electron chi connectivity index (χ0n) is 11.2. The number of carbonyl (C=O) groups excluding carboxylic acids is 1. The first kappa shape index (κ1) is 13.7. The lowest BCUT2D eigenvalue weighted by molar-refractivity contribution is 0.0514. The van der Waals surface area contributed by atoms with Gasteiger partial charge in [-0.25, -0.2) is 4.79 Å². The van der Waals surface area contributed by atoms with Gasteiger partial charge in [-0.2, -0.15) is 5.10 Å². The van der Waals surface area contributed by atoms with E-state index in [1.165, 1.54) is 0 Å². The maximum atomic E-state index is 11.8. The van der Waals surface area contributed by atoms with Crippen LogP contribution in [0.4, 0.5) is 0 Å². The highest BCUT2D eigenvalue weighted by molar-refractivity contribution is 6.30. The minimum atomic E-state index is -0.329. The first-order chi connectivity index (χ1) is 9.04. The van der Waals surface area contributed by atoms with Crippen LogP contribution in [0.2, 0.25) is 5.15 Å². The molecule has 5 nitrogen and oxygen atoms in total. The molecule has 0 unspecified atom stereocenters. The number of rotatable bonds is 4. The van der Waals surface area contributed by atoms with Crippen molar-refractivity contribution in [1.29, 1.82) is 0 Å². The summed E-state index contributed by atoms with van der Waals surface area (Å²) in [5, 5.41) is 4.84. The summed E-state index contributed by atoms with van der Waals surface area (Å²) in [5.74, 6) is -0.329. The van der Waals surface area contributed by atoms with Crippen LogP contribution >= 0.6 is 11.6 Å². The molecule has 0 N–H and O–H groups in total. The monoisotopic (exact) mass is 281 g/mol. The van der Waals surface area contributed by atoms with Crippen LogP contribution in [0, 0.1) is 6.92 Å². The SMILES string of the molecule is CCOC(=O)c1cccn1Cc1c(C)nn(C)c1Cl. The predicted octanol–water partition coefficient (Wildman–Crippen LogP) is 2.41. The molecular weight excluding hydrogens is 266 g/mol. The summed E-state index contributed by atoms with van der Waals surface area (Å²) in [6.45, 7) is 4.54. The van der Waals surface area contributed by atoms with Gasteiger partial charge in [0.15, 0.2) is 0 Å². The molecule has 2 aromatic rings. The predicted molar refractivity (Wildman–Crippen MR) is 72.4 cm³/mol. The molecule has 0 aliphatic rings. The average molecular weight is 282 g/mol. The van der Waals surface area contributed by atoms with Crippen molar-refractivity contribution in [2.24, 2.45) is 7.05 Å². The fourth-order valence-corrected chi connectivity index (χ4v) is 2.20. The molecule has 0 radical (unpaired) electrons. The first-order valence-corrected chi connectivity index (χ1v) is 6.42. The lowest BCUT2D eigenvalue weighted by atomic mass is 10.2. The highest BCUT2D eigenvalue weighted by Gasteiger charge is 2.16. The number of halogens is 1. The lowest BCUT2D eigenvalue weighted by Crippen LogP contribution is -2.12. The number of carbonyl (C=O) groups is 1. The zero-order valence-corrected chi connectivity index (χ0v) is 11.9. The van der Waals surface area contributed by atoms with Gasteiger partial charge in [0.05, 0.1) is 18.8 Å². The van der Waals surface area contributed by atoms with Gasteiger partial charge in [-0.05, 0) is 26.0 Å². The van der Waals surface area contributed by atoms with Crippen LogP contribution < -0.4 is 0 Å². The van der Waals surface area contributed by atoms with Crippen molar-refractivity contribution in [2.75, 3.05) is 6.61 Å². The summed E-state index contributed by atoms with van der Waals surface area (Å²) >= 11 is 6.19. The number of aryl methyl sites for hydroxylation is 2. The molecule has 19 heavy (non-hydrogen) atoms. The van der Waals surface area contributed by atoms with E-state index in [0.29, 0.717) is 24.0 Å². The molecule has 0 bridgehead atoms. The van der Waals surface area contributed by atoms with Gasteiger partial charge in [0.25, 0.3) is 0 Å². The Morgan fingerprint density at radius 1 is 1.53 bits per heavy atom. The molecule has 0 aromatic carbocycles. The van der Waals surface area contributed by atoms with Gasteiger partial charge >= 0.3 is 5.97 Å². The van der Waals surface area contributed by atoms with Gasteiger partial charge in [0.2, 0.25) is 0 Å². The number of esters is 1. The molecule has 0 saturated heterocycles. The van der Waals surface area contributed by atoms with E-state index in [-0.39, 0.29) is 5.97 Å². The van der Waals surface area contributed by atoms with Crippen molar-refractivity contribution >= 4 is 17.6 Å². The van der Waals surface area contributed by atoms with Crippen LogP contribution in [0.15, 0.2) is 18.3 Å². The van der Waals surface area contributed by atoms with E-state index >= 15 is 0 Å². The number of hydrogen-bond acceptors (Lipinski definition) is 3. The molecule has 0 spiro atoms. The Morgan fingerprint density at radius 2 is 2.26 bits per heavy atom. The van der Waals surface area contributed by atoms with Crippen molar-refractivity contribution in [2.45, 2.75) is 20.4 Å². The van der Waals surface area contributed by atoms with Gasteiger partial charge in [-0.15, -0.1) is 0 Å². The molecular formula is C13H16ClN3O2. The Kier molecular flexibility index (Phi) is 3.95. The van der Waals surface area contributed by atoms with Crippen LogP contribution in [-0.2, 0) is 18.3 Å². The molecule has 2 heterocycles. The molecule has 0 saturated carbocycles. The van der Waals surface area contributed by atoms with E-state index in [9.17, 15) is 4.79 Å². The van der Waals surface area contributed by atoms with Crippen molar-refractivity contribution in [3.8, 4) is 0 Å². The summed E-state index contributed by atoms with van der Waals surface area (Å²) in [7, 11) is 1.79. The fraction of sp³-hybridized carbons (Fsp3) is 0.385. The molecule has 6 heteroatoms. The van der Waals surface area contributed by atoms with E-state index in [1.807, 2.05) is 23.8 Å². The summed E-state index contributed by atoms with van der Waals surface area (Å²) in [6, 6.07) is 3.55. The molecule has 0 amide bonds. The number of ether oxygens (including phenoxy) is 1. The quantitative estimate of drug-likeness (QED) is 0.809. The third-order valence-corrected chi connectivity index (χ3v) is 3.39. The Bertz CT molecular complexity index is 601. The maximum Gasteiger partial charge on any atom is 0.354 e. The Hall–Kier alpha value is -1.75. The van der Waals surface area contributed by atoms with E-state index in [4.69, 9.17) is 16.3 Å². The minimum Gasteiger partial charge on any atom is -0.461 e. The molecule has 0 aliphatic heterocycles.